The van der Waals surface area contributed by atoms with Gasteiger partial charge in [0, 0.05) is 7.05 Å². The molecule has 0 N–H and O–H groups in total. The first-order valence-electron chi connectivity index (χ1n) is 4.06. The number of aliphatic imine (C=N–C) groups is 1. The van der Waals surface area contributed by atoms with Gasteiger partial charge in [-0.15, -0.1) is 0 Å². The van der Waals surface area contributed by atoms with E-state index in [1.54, 1.807) is 14.2 Å². The molecule has 1 aliphatic carbocycles. The van der Waals surface area contributed by atoms with Crippen molar-refractivity contribution < 1.29 is 4.74 Å². The van der Waals surface area contributed by atoms with Crippen LogP contribution in [0.4, 0.5) is 0 Å². The van der Waals surface area contributed by atoms with Crippen molar-refractivity contribution in [3.8, 4) is 0 Å². The van der Waals surface area contributed by atoms with Crippen LogP contribution in [0.3, 0.4) is 0 Å². The first-order valence-corrected chi connectivity index (χ1v) is 4.06. The van der Waals surface area contributed by atoms with Crippen LogP contribution in [0.5, 0.6) is 0 Å². The molecule has 0 amide bonds. The second kappa shape index (κ2) is 4.16. The second-order valence-corrected chi connectivity index (χ2v) is 2.73. The van der Waals surface area contributed by atoms with Gasteiger partial charge in [-0.1, -0.05) is 12.2 Å². The molecule has 0 spiro atoms. The van der Waals surface area contributed by atoms with E-state index in [0.29, 0.717) is 5.92 Å². The molecule has 0 fully saturated rings. The van der Waals surface area contributed by atoms with Gasteiger partial charge in [-0.3, -0.25) is 4.99 Å². The number of hydrogen-bond acceptors (Lipinski definition) is 2. The summed E-state index contributed by atoms with van der Waals surface area (Å²) in [6, 6.07) is 0. The SMILES string of the molecule is CN=C(OC)C1C=CCCC1. The maximum absolute atomic E-state index is 5.14. The third-order valence-electron chi connectivity index (χ3n) is 2.00. The first-order chi connectivity index (χ1) is 5.38. The molecule has 0 saturated heterocycles. The van der Waals surface area contributed by atoms with E-state index in [2.05, 4.69) is 17.1 Å². The van der Waals surface area contributed by atoms with Crippen molar-refractivity contribution in [2.45, 2.75) is 19.3 Å². The Bertz CT molecular complexity index is 172. The zero-order valence-electron chi connectivity index (χ0n) is 7.21. The highest BCUT2D eigenvalue weighted by atomic mass is 16.5. The van der Waals surface area contributed by atoms with Crippen LogP contribution in [-0.4, -0.2) is 20.1 Å². The highest BCUT2D eigenvalue weighted by Crippen LogP contribution is 2.18. The highest BCUT2D eigenvalue weighted by molar-refractivity contribution is 5.80. The van der Waals surface area contributed by atoms with E-state index in [-0.39, 0.29) is 0 Å². The minimum atomic E-state index is 0.429. The Balaban J connectivity index is 2.57. The maximum Gasteiger partial charge on any atom is 0.189 e. The third kappa shape index (κ3) is 2.07. The average Bonchev–Trinajstić information content (AvgIpc) is 2.09. The smallest absolute Gasteiger partial charge is 0.189 e. The number of allylic oxidation sites excluding steroid dienone is 1. The van der Waals surface area contributed by atoms with E-state index in [0.717, 1.165) is 5.90 Å². The van der Waals surface area contributed by atoms with Gasteiger partial charge in [0.25, 0.3) is 0 Å². The molecule has 0 saturated carbocycles. The van der Waals surface area contributed by atoms with Gasteiger partial charge < -0.3 is 4.74 Å². The number of ether oxygens (including phenoxy) is 1. The van der Waals surface area contributed by atoms with E-state index < -0.39 is 0 Å². The van der Waals surface area contributed by atoms with Crippen LogP contribution in [0.1, 0.15) is 19.3 Å². The molecule has 0 aromatic carbocycles. The Labute approximate surface area is 68.0 Å². The Hall–Kier alpha value is -0.790. The predicted molar refractivity (Wildman–Crippen MR) is 46.8 cm³/mol. The molecule has 1 atom stereocenters. The van der Waals surface area contributed by atoms with Crippen molar-refractivity contribution in [2.24, 2.45) is 10.9 Å². The van der Waals surface area contributed by atoms with Crippen molar-refractivity contribution in [3.63, 3.8) is 0 Å². The fourth-order valence-corrected chi connectivity index (χ4v) is 1.43. The van der Waals surface area contributed by atoms with Gasteiger partial charge in [0.1, 0.15) is 0 Å². The molecule has 1 aliphatic rings. The lowest BCUT2D eigenvalue weighted by atomic mass is 9.96. The largest absolute Gasteiger partial charge is 0.484 e. The molecule has 0 radical (unpaired) electrons. The topological polar surface area (TPSA) is 21.6 Å². The van der Waals surface area contributed by atoms with Crippen molar-refractivity contribution >= 4 is 5.90 Å². The maximum atomic E-state index is 5.14. The summed E-state index contributed by atoms with van der Waals surface area (Å²) in [5, 5.41) is 0. The van der Waals surface area contributed by atoms with Gasteiger partial charge in [0.15, 0.2) is 5.90 Å². The van der Waals surface area contributed by atoms with Gasteiger partial charge >= 0.3 is 0 Å². The normalized spacial score (nSPS) is 25.3. The van der Waals surface area contributed by atoms with Crippen LogP contribution in [0.25, 0.3) is 0 Å². The number of methoxy groups -OCH3 is 1. The fourth-order valence-electron chi connectivity index (χ4n) is 1.43. The van der Waals surface area contributed by atoms with Crippen molar-refractivity contribution in [1.29, 1.82) is 0 Å². The zero-order valence-corrected chi connectivity index (χ0v) is 7.21. The fraction of sp³-hybridized carbons (Fsp3) is 0.667. The second-order valence-electron chi connectivity index (χ2n) is 2.73. The predicted octanol–water partition coefficient (Wildman–Crippen LogP) is 2.02. The molecule has 2 heteroatoms. The van der Waals surface area contributed by atoms with Crippen molar-refractivity contribution in [2.75, 3.05) is 14.2 Å². The standard InChI is InChI=1S/C9H15NO/c1-10-9(11-2)8-6-4-3-5-7-8/h4,6,8H,3,5,7H2,1-2H3. The van der Waals surface area contributed by atoms with E-state index in [9.17, 15) is 0 Å². The summed E-state index contributed by atoms with van der Waals surface area (Å²) in [7, 11) is 3.46. The van der Waals surface area contributed by atoms with Crippen LogP contribution < -0.4 is 0 Å². The average molecular weight is 153 g/mol. The summed E-state index contributed by atoms with van der Waals surface area (Å²) in [4.78, 5) is 4.07. The van der Waals surface area contributed by atoms with Crippen LogP contribution in [0.2, 0.25) is 0 Å². The molecule has 11 heavy (non-hydrogen) atoms. The monoisotopic (exact) mass is 153 g/mol. The summed E-state index contributed by atoms with van der Waals surface area (Å²) in [5.41, 5.74) is 0. The van der Waals surface area contributed by atoms with E-state index >= 15 is 0 Å². The van der Waals surface area contributed by atoms with Gasteiger partial charge in [-0.25, -0.2) is 0 Å². The minimum absolute atomic E-state index is 0.429. The molecule has 0 bridgehead atoms. The molecule has 62 valence electrons. The van der Waals surface area contributed by atoms with Crippen molar-refractivity contribution in [3.05, 3.63) is 12.2 Å². The number of nitrogens with zero attached hydrogens (tertiary/aromatic N) is 1. The molecule has 1 unspecified atom stereocenters. The zero-order chi connectivity index (χ0) is 8.10. The highest BCUT2D eigenvalue weighted by Gasteiger charge is 2.14. The molecule has 0 aromatic heterocycles. The third-order valence-corrected chi connectivity index (χ3v) is 2.00. The van der Waals surface area contributed by atoms with Crippen molar-refractivity contribution in [1.82, 2.24) is 0 Å². The van der Waals surface area contributed by atoms with Crippen LogP contribution in [-0.2, 0) is 4.74 Å². The lowest BCUT2D eigenvalue weighted by Gasteiger charge is -2.16. The minimum Gasteiger partial charge on any atom is -0.484 e. The van der Waals surface area contributed by atoms with Gasteiger partial charge in [-0.05, 0) is 19.3 Å². The molecule has 0 aromatic rings. The van der Waals surface area contributed by atoms with E-state index in [1.165, 1.54) is 19.3 Å². The Morgan fingerprint density at radius 2 is 2.45 bits per heavy atom. The van der Waals surface area contributed by atoms with Crippen LogP contribution in [0.15, 0.2) is 17.1 Å². The Morgan fingerprint density at radius 3 is 2.91 bits per heavy atom. The molecule has 0 heterocycles. The quantitative estimate of drug-likeness (QED) is 0.321. The lowest BCUT2D eigenvalue weighted by Crippen LogP contribution is -2.16. The Kier molecular flexibility index (Phi) is 3.14. The first kappa shape index (κ1) is 8.31. The van der Waals surface area contributed by atoms with Gasteiger partial charge in [-0.2, -0.15) is 0 Å². The van der Waals surface area contributed by atoms with Crippen LogP contribution >= 0.6 is 0 Å². The molecular formula is C9H15NO. The summed E-state index contributed by atoms with van der Waals surface area (Å²) < 4.78 is 5.14. The lowest BCUT2D eigenvalue weighted by molar-refractivity contribution is 0.368. The number of rotatable bonds is 1. The van der Waals surface area contributed by atoms with E-state index in [4.69, 9.17) is 4.74 Å². The molecule has 0 aliphatic heterocycles. The summed E-state index contributed by atoms with van der Waals surface area (Å²) in [6.07, 6.45) is 8.03. The molecule has 1 rings (SSSR count). The molecule has 2 nitrogen and oxygen atoms in total. The summed E-state index contributed by atoms with van der Waals surface area (Å²) in [6.45, 7) is 0. The Morgan fingerprint density at radius 1 is 1.64 bits per heavy atom. The number of hydrogen-bond donors (Lipinski definition) is 0. The van der Waals surface area contributed by atoms with Crippen LogP contribution in [0, 0.1) is 5.92 Å². The van der Waals surface area contributed by atoms with E-state index in [1.807, 2.05) is 0 Å². The van der Waals surface area contributed by atoms with Gasteiger partial charge in [0.05, 0.1) is 13.0 Å². The molecular weight excluding hydrogens is 138 g/mol. The summed E-state index contributed by atoms with van der Waals surface area (Å²) in [5.74, 6) is 1.29. The summed E-state index contributed by atoms with van der Waals surface area (Å²) >= 11 is 0. The van der Waals surface area contributed by atoms with Gasteiger partial charge in [0.2, 0.25) is 0 Å².